The van der Waals surface area contributed by atoms with Gasteiger partial charge in [0.1, 0.15) is 5.82 Å². The van der Waals surface area contributed by atoms with Crippen LogP contribution < -0.4 is 5.32 Å². The third-order valence-corrected chi connectivity index (χ3v) is 4.99. The SMILES string of the molecule is Cc1ccc(CNC(=O)CSc2nnc(C)n2Cc2ccccc2)cc1. The lowest BCUT2D eigenvalue weighted by atomic mass is 10.1. The average Bonchev–Trinajstić information content (AvgIpc) is 3.00. The maximum atomic E-state index is 12.1. The van der Waals surface area contributed by atoms with Crippen molar-refractivity contribution in [2.24, 2.45) is 0 Å². The van der Waals surface area contributed by atoms with E-state index in [9.17, 15) is 4.79 Å². The molecule has 2 aromatic carbocycles. The van der Waals surface area contributed by atoms with Gasteiger partial charge in [0.25, 0.3) is 0 Å². The molecule has 0 atom stereocenters. The lowest BCUT2D eigenvalue weighted by Crippen LogP contribution is -2.24. The Morgan fingerprint density at radius 3 is 2.46 bits per heavy atom. The van der Waals surface area contributed by atoms with Crippen molar-refractivity contribution in [3.05, 3.63) is 77.1 Å². The summed E-state index contributed by atoms with van der Waals surface area (Å²) in [6.07, 6.45) is 0. The Balaban J connectivity index is 1.54. The molecule has 0 radical (unpaired) electrons. The van der Waals surface area contributed by atoms with Crippen LogP contribution in [0.15, 0.2) is 59.8 Å². The summed E-state index contributed by atoms with van der Waals surface area (Å²) in [4.78, 5) is 12.1. The van der Waals surface area contributed by atoms with Gasteiger partial charge in [-0.25, -0.2) is 0 Å². The van der Waals surface area contributed by atoms with E-state index in [0.29, 0.717) is 18.8 Å². The minimum Gasteiger partial charge on any atom is -0.351 e. The van der Waals surface area contributed by atoms with Crippen LogP contribution in [0.2, 0.25) is 0 Å². The van der Waals surface area contributed by atoms with Crippen LogP contribution in [-0.4, -0.2) is 26.4 Å². The molecule has 0 unspecified atom stereocenters. The highest BCUT2D eigenvalue weighted by Gasteiger charge is 2.12. The van der Waals surface area contributed by atoms with Crippen molar-refractivity contribution in [1.82, 2.24) is 20.1 Å². The molecular formula is C20H22N4OS. The van der Waals surface area contributed by atoms with Gasteiger partial charge in [0, 0.05) is 6.54 Å². The van der Waals surface area contributed by atoms with E-state index in [1.165, 1.54) is 22.9 Å². The van der Waals surface area contributed by atoms with Crippen LogP contribution in [0.3, 0.4) is 0 Å². The van der Waals surface area contributed by atoms with Crippen LogP contribution in [0.4, 0.5) is 0 Å². The lowest BCUT2D eigenvalue weighted by Gasteiger charge is -2.09. The number of aryl methyl sites for hydroxylation is 2. The van der Waals surface area contributed by atoms with Crippen molar-refractivity contribution in [2.75, 3.05) is 5.75 Å². The quantitative estimate of drug-likeness (QED) is 0.652. The molecule has 1 N–H and O–H groups in total. The molecule has 26 heavy (non-hydrogen) atoms. The summed E-state index contributed by atoms with van der Waals surface area (Å²) >= 11 is 1.41. The molecular weight excluding hydrogens is 344 g/mol. The summed E-state index contributed by atoms with van der Waals surface area (Å²) < 4.78 is 2.03. The molecule has 0 saturated carbocycles. The summed E-state index contributed by atoms with van der Waals surface area (Å²) in [5, 5.41) is 12.1. The van der Waals surface area contributed by atoms with E-state index in [-0.39, 0.29) is 5.91 Å². The Kier molecular flexibility index (Phi) is 6.07. The second-order valence-corrected chi connectivity index (χ2v) is 7.10. The second kappa shape index (κ2) is 8.67. The van der Waals surface area contributed by atoms with Crippen LogP contribution >= 0.6 is 11.8 Å². The number of carbonyl (C=O) groups excluding carboxylic acids is 1. The highest BCUT2D eigenvalue weighted by Crippen LogP contribution is 2.18. The van der Waals surface area contributed by atoms with E-state index in [0.717, 1.165) is 16.5 Å². The number of nitrogens with zero attached hydrogens (tertiary/aromatic N) is 3. The fourth-order valence-corrected chi connectivity index (χ4v) is 3.32. The number of amides is 1. The summed E-state index contributed by atoms with van der Waals surface area (Å²) in [7, 11) is 0. The lowest BCUT2D eigenvalue weighted by molar-refractivity contribution is -0.118. The van der Waals surface area contributed by atoms with Crippen LogP contribution in [-0.2, 0) is 17.9 Å². The number of hydrogen-bond acceptors (Lipinski definition) is 4. The smallest absolute Gasteiger partial charge is 0.230 e. The molecule has 1 aromatic heterocycles. The summed E-state index contributed by atoms with van der Waals surface area (Å²) in [6.45, 7) is 5.21. The van der Waals surface area contributed by atoms with Crippen LogP contribution in [0.25, 0.3) is 0 Å². The van der Waals surface area contributed by atoms with Gasteiger partial charge in [-0.05, 0) is 25.0 Å². The molecule has 0 spiro atoms. The van der Waals surface area contributed by atoms with E-state index in [1.54, 1.807) is 0 Å². The summed E-state index contributed by atoms with van der Waals surface area (Å²) in [6, 6.07) is 18.3. The second-order valence-electron chi connectivity index (χ2n) is 6.15. The molecule has 3 aromatic rings. The minimum atomic E-state index is -0.0116. The number of carbonyl (C=O) groups is 1. The van der Waals surface area contributed by atoms with Gasteiger partial charge < -0.3 is 9.88 Å². The average molecular weight is 366 g/mol. The van der Waals surface area contributed by atoms with Crippen molar-refractivity contribution in [1.29, 1.82) is 0 Å². The maximum absolute atomic E-state index is 12.1. The van der Waals surface area contributed by atoms with E-state index < -0.39 is 0 Å². The number of rotatable bonds is 7. The molecule has 0 fully saturated rings. The first-order valence-corrected chi connectivity index (χ1v) is 9.49. The zero-order chi connectivity index (χ0) is 18.4. The largest absolute Gasteiger partial charge is 0.351 e. The highest BCUT2D eigenvalue weighted by atomic mass is 32.2. The number of aromatic nitrogens is 3. The van der Waals surface area contributed by atoms with E-state index >= 15 is 0 Å². The third-order valence-electron chi connectivity index (χ3n) is 4.03. The predicted octanol–water partition coefficient (Wildman–Crippen LogP) is 3.35. The summed E-state index contributed by atoms with van der Waals surface area (Å²) in [5.74, 6) is 1.15. The zero-order valence-corrected chi connectivity index (χ0v) is 15.8. The standard InChI is InChI=1S/C20H22N4OS/c1-15-8-10-17(11-9-15)12-21-19(25)14-26-20-23-22-16(2)24(20)13-18-6-4-3-5-7-18/h3-11H,12-14H2,1-2H3,(H,21,25). The van der Waals surface area contributed by atoms with Crippen molar-refractivity contribution < 1.29 is 4.79 Å². The number of nitrogens with one attached hydrogen (secondary N) is 1. The first-order chi connectivity index (χ1) is 12.6. The van der Waals surface area contributed by atoms with Crippen LogP contribution in [0.1, 0.15) is 22.5 Å². The Morgan fingerprint density at radius 2 is 1.73 bits per heavy atom. The zero-order valence-electron chi connectivity index (χ0n) is 15.0. The van der Waals surface area contributed by atoms with Gasteiger partial charge in [-0.1, -0.05) is 71.9 Å². The van der Waals surface area contributed by atoms with E-state index in [1.807, 2.05) is 60.9 Å². The Labute approximate surface area is 157 Å². The van der Waals surface area contributed by atoms with Gasteiger partial charge in [-0.3, -0.25) is 4.79 Å². The molecule has 1 heterocycles. The molecule has 0 aliphatic carbocycles. The minimum absolute atomic E-state index is 0.0116. The first-order valence-electron chi connectivity index (χ1n) is 8.50. The van der Waals surface area contributed by atoms with E-state index in [4.69, 9.17) is 0 Å². The fourth-order valence-electron chi connectivity index (χ4n) is 2.50. The topological polar surface area (TPSA) is 59.8 Å². The van der Waals surface area contributed by atoms with Gasteiger partial charge >= 0.3 is 0 Å². The number of hydrogen-bond donors (Lipinski definition) is 1. The van der Waals surface area contributed by atoms with Crippen LogP contribution in [0.5, 0.6) is 0 Å². The third kappa shape index (κ3) is 4.95. The van der Waals surface area contributed by atoms with Crippen LogP contribution in [0, 0.1) is 13.8 Å². The first kappa shape index (κ1) is 18.2. The van der Waals surface area contributed by atoms with Crippen molar-refractivity contribution in [3.8, 4) is 0 Å². The molecule has 6 heteroatoms. The molecule has 0 aliphatic rings. The summed E-state index contributed by atoms with van der Waals surface area (Å²) in [5.41, 5.74) is 3.49. The van der Waals surface area contributed by atoms with Gasteiger partial charge in [0.05, 0.1) is 12.3 Å². The number of benzene rings is 2. The monoisotopic (exact) mass is 366 g/mol. The highest BCUT2D eigenvalue weighted by molar-refractivity contribution is 7.99. The van der Waals surface area contributed by atoms with Gasteiger partial charge in [-0.2, -0.15) is 0 Å². The maximum Gasteiger partial charge on any atom is 0.230 e. The molecule has 0 bridgehead atoms. The fraction of sp³-hybridized carbons (Fsp3) is 0.250. The molecule has 3 rings (SSSR count). The van der Waals surface area contributed by atoms with Gasteiger partial charge in [0.15, 0.2) is 5.16 Å². The molecule has 5 nitrogen and oxygen atoms in total. The van der Waals surface area contributed by atoms with Crippen molar-refractivity contribution in [3.63, 3.8) is 0 Å². The predicted molar refractivity (Wildman–Crippen MR) is 104 cm³/mol. The Bertz CT molecular complexity index is 859. The van der Waals surface area contributed by atoms with E-state index in [2.05, 4.69) is 27.6 Å². The molecule has 0 aliphatic heterocycles. The van der Waals surface area contributed by atoms with Gasteiger partial charge in [-0.15, -0.1) is 10.2 Å². The van der Waals surface area contributed by atoms with Crippen molar-refractivity contribution >= 4 is 17.7 Å². The Hall–Kier alpha value is -2.60. The number of thioether (sulfide) groups is 1. The molecule has 0 saturated heterocycles. The normalized spacial score (nSPS) is 10.7. The Morgan fingerprint density at radius 1 is 1.00 bits per heavy atom. The van der Waals surface area contributed by atoms with Crippen molar-refractivity contribution in [2.45, 2.75) is 32.1 Å². The molecule has 134 valence electrons. The van der Waals surface area contributed by atoms with Gasteiger partial charge in [0.2, 0.25) is 5.91 Å². The molecule has 1 amide bonds.